The Labute approximate surface area is 159 Å². The third-order valence-corrected chi connectivity index (χ3v) is 5.21. The molecule has 0 saturated carbocycles. The fourth-order valence-corrected chi connectivity index (χ4v) is 3.98. The zero-order chi connectivity index (χ0) is 19.1. The second-order valence-electron chi connectivity index (χ2n) is 6.57. The summed E-state index contributed by atoms with van der Waals surface area (Å²) in [7, 11) is 8.76. The predicted molar refractivity (Wildman–Crippen MR) is 108 cm³/mol. The summed E-state index contributed by atoms with van der Waals surface area (Å²) in [5, 5.41) is 2.25. The van der Waals surface area contributed by atoms with Crippen molar-refractivity contribution < 1.29 is 18.9 Å². The average molecular weight is 365 g/mol. The van der Waals surface area contributed by atoms with E-state index >= 15 is 0 Å². The maximum absolute atomic E-state index is 5.66. The normalized spacial score (nSPS) is 12.4. The lowest BCUT2D eigenvalue weighted by Crippen LogP contribution is -2.22. The Morgan fingerprint density at radius 3 is 2.07 bits per heavy atom. The van der Waals surface area contributed by atoms with Crippen LogP contribution < -0.4 is 23.8 Å². The van der Waals surface area contributed by atoms with Crippen molar-refractivity contribution in [1.82, 2.24) is 0 Å². The van der Waals surface area contributed by atoms with E-state index in [2.05, 4.69) is 36.2 Å². The van der Waals surface area contributed by atoms with Gasteiger partial charge in [0.15, 0.2) is 23.0 Å². The molecule has 0 N–H and O–H groups in total. The molecule has 0 bridgehead atoms. The third kappa shape index (κ3) is 2.53. The molecule has 5 nitrogen and oxygen atoms in total. The van der Waals surface area contributed by atoms with Crippen LogP contribution in [0.25, 0.3) is 21.9 Å². The lowest BCUT2D eigenvalue weighted by molar-refractivity contribution is 0.351. The molecule has 0 aliphatic carbocycles. The van der Waals surface area contributed by atoms with Crippen molar-refractivity contribution in [2.75, 3.05) is 40.4 Å². The van der Waals surface area contributed by atoms with Crippen molar-refractivity contribution in [2.24, 2.45) is 0 Å². The minimum absolute atomic E-state index is 0.727. The molecule has 0 unspecified atom stereocenters. The van der Waals surface area contributed by atoms with E-state index < -0.39 is 0 Å². The Kier molecular flexibility index (Phi) is 4.22. The zero-order valence-electron chi connectivity index (χ0n) is 16.3. The lowest BCUT2D eigenvalue weighted by atomic mass is 9.90. The summed E-state index contributed by atoms with van der Waals surface area (Å²) in [5.41, 5.74) is 4.64. The molecule has 1 heterocycles. The standard InChI is InChI=1S/C22H23NO4/c1-23-12-17-14(8-9-18(24-2)22(17)27-5)15-7-6-13-10-19(25-3)20(26-4)11-16(13)21(15)23/h6-11H,12H2,1-5H3. The van der Waals surface area contributed by atoms with E-state index in [0.29, 0.717) is 0 Å². The SMILES string of the molecule is COc1cc2ccc3c(c2cc1OC)N(C)Cc1c-3ccc(OC)c1OC. The molecule has 5 heteroatoms. The lowest BCUT2D eigenvalue weighted by Gasteiger charge is -2.32. The van der Waals surface area contributed by atoms with Gasteiger partial charge in [-0.15, -0.1) is 0 Å². The largest absolute Gasteiger partial charge is 0.493 e. The van der Waals surface area contributed by atoms with Crippen molar-refractivity contribution in [3.63, 3.8) is 0 Å². The van der Waals surface area contributed by atoms with Crippen molar-refractivity contribution in [3.05, 3.63) is 42.0 Å². The molecule has 3 aromatic carbocycles. The maximum atomic E-state index is 5.66. The number of anilines is 1. The molecule has 0 atom stereocenters. The van der Waals surface area contributed by atoms with E-state index in [-0.39, 0.29) is 0 Å². The first-order valence-corrected chi connectivity index (χ1v) is 8.77. The Balaban J connectivity index is 2.02. The van der Waals surface area contributed by atoms with E-state index in [9.17, 15) is 0 Å². The summed E-state index contributed by atoms with van der Waals surface area (Å²) in [5.74, 6) is 3.00. The predicted octanol–water partition coefficient (Wildman–Crippen LogP) is 4.49. The first-order valence-electron chi connectivity index (χ1n) is 8.77. The van der Waals surface area contributed by atoms with Crippen LogP contribution in [0.1, 0.15) is 5.56 Å². The Bertz CT molecular complexity index is 1030. The quantitative estimate of drug-likeness (QED) is 0.681. The molecule has 140 valence electrons. The highest BCUT2D eigenvalue weighted by atomic mass is 16.5. The van der Waals surface area contributed by atoms with Crippen molar-refractivity contribution in [3.8, 4) is 34.1 Å². The number of benzene rings is 3. The molecule has 0 fully saturated rings. The number of rotatable bonds is 4. The summed E-state index contributed by atoms with van der Waals surface area (Å²) < 4.78 is 22.1. The number of hydrogen-bond acceptors (Lipinski definition) is 5. The molecule has 0 saturated heterocycles. The van der Waals surface area contributed by atoms with Crippen molar-refractivity contribution >= 4 is 16.5 Å². The van der Waals surface area contributed by atoms with Gasteiger partial charge in [0.05, 0.1) is 34.1 Å². The smallest absolute Gasteiger partial charge is 0.166 e. The fourth-order valence-electron chi connectivity index (χ4n) is 3.98. The molecule has 1 aliphatic rings. The minimum Gasteiger partial charge on any atom is -0.493 e. The van der Waals surface area contributed by atoms with Crippen LogP contribution in [-0.4, -0.2) is 35.5 Å². The molecular weight excluding hydrogens is 342 g/mol. The molecular formula is C22H23NO4. The van der Waals surface area contributed by atoms with E-state index in [0.717, 1.165) is 51.4 Å². The van der Waals surface area contributed by atoms with Gasteiger partial charge in [-0.2, -0.15) is 0 Å². The number of ether oxygens (including phenoxy) is 4. The van der Waals surface area contributed by atoms with Crippen molar-refractivity contribution in [2.45, 2.75) is 6.54 Å². The van der Waals surface area contributed by atoms with E-state index in [1.165, 1.54) is 11.3 Å². The van der Waals surface area contributed by atoms with Crippen LogP contribution in [0.3, 0.4) is 0 Å². The van der Waals surface area contributed by atoms with Gasteiger partial charge in [-0.1, -0.05) is 12.1 Å². The highest BCUT2D eigenvalue weighted by Crippen LogP contribution is 2.49. The van der Waals surface area contributed by atoms with Crippen LogP contribution in [0.15, 0.2) is 36.4 Å². The van der Waals surface area contributed by atoms with Gasteiger partial charge in [-0.05, 0) is 35.2 Å². The molecule has 0 spiro atoms. The summed E-state index contributed by atoms with van der Waals surface area (Å²) in [6.07, 6.45) is 0. The summed E-state index contributed by atoms with van der Waals surface area (Å²) >= 11 is 0. The molecule has 27 heavy (non-hydrogen) atoms. The monoisotopic (exact) mass is 365 g/mol. The van der Waals surface area contributed by atoms with Gasteiger partial charge < -0.3 is 23.8 Å². The first kappa shape index (κ1) is 17.3. The van der Waals surface area contributed by atoms with E-state index in [1.807, 2.05) is 12.1 Å². The van der Waals surface area contributed by atoms with Gasteiger partial charge in [0, 0.05) is 30.1 Å². The number of hydrogen-bond donors (Lipinski definition) is 0. The maximum Gasteiger partial charge on any atom is 0.166 e. The summed E-state index contributed by atoms with van der Waals surface area (Å²) in [6.45, 7) is 0.732. The van der Waals surface area contributed by atoms with Crippen molar-refractivity contribution in [1.29, 1.82) is 0 Å². The second-order valence-corrected chi connectivity index (χ2v) is 6.57. The molecule has 4 rings (SSSR count). The Hall–Kier alpha value is -3.08. The van der Waals surface area contributed by atoms with Gasteiger partial charge >= 0.3 is 0 Å². The third-order valence-electron chi connectivity index (χ3n) is 5.21. The fraction of sp³-hybridized carbons (Fsp3) is 0.273. The number of nitrogens with zero attached hydrogens (tertiary/aromatic N) is 1. The highest BCUT2D eigenvalue weighted by Gasteiger charge is 2.26. The summed E-state index contributed by atoms with van der Waals surface area (Å²) in [6, 6.07) is 12.4. The van der Waals surface area contributed by atoms with Crippen LogP contribution in [-0.2, 0) is 6.54 Å². The summed E-state index contributed by atoms with van der Waals surface area (Å²) in [4.78, 5) is 2.24. The number of fused-ring (bicyclic) bond motifs is 5. The van der Waals surface area contributed by atoms with E-state index in [1.54, 1.807) is 28.4 Å². The van der Waals surface area contributed by atoms with Crippen LogP contribution in [0.5, 0.6) is 23.0 Å². The molecule has 1 aliphatic heterocycles. The number of methoxy groups -OCH3 is 4. The Morgan fingerprint density at radius 2 is 1.41 bits per heavy atom. The second kappa shape index (κ2) is 6.58. The van der Waals surface area contributed by atoms with Gasteiger partial charge in [-0.25, -0.2) is 0 Å². The van der Waals surface area contributed by atoms with Gasteiger partial charge in [0.1, 0.15) is 0 Å². The van der Waals surface area contributed by atoms with Crippen LogP contribution in [0.2, 0.25) is 0 Å². The van der Waals surface area contributed by atoms with Gasteiger partial charge in [-0.3, -0.25) is 0 Å². The first-order chi connectivity index (χ1) is 13.1. The van der Waals surface area contributed by atoms with Gasteiger partial charge in [0.25, 0.3) is 0 Å². The molecule has 0 amide bonds. The Morgan fingerprint density at radius 1 is 0.741 bits per heavy atom. The zero-order valence-corrected chi connectivity index (χ0v) is 16.3. The van der Waals surface area contributed by atoms with Gasteiger partial charge in [0.2, 0.25) is 0 Å². The molecule has 0 aromatic heterocycles. The molecule has 0 radical (unpaired) electrons. The highest BCUT2D eigenvalue weighted by molar-refractivity contribution is 6.05. The van der Waals surface area contributed by atoms with E-state index in [4.69, 9.17) is 18.9 Å². The topological polar surface area (TPSA) is 40.2 Å². The van der Waals surface area contributed by atoms with Crippen LogP contribution in [0.4, 0.5) is 5.69 Å². The van der Waals surface area contributed by atoms with Crippen LogP contribution in [0, 0.1) is 0 Å². The average Bonchev–Trinajstić information content (AvgIpc) is 2.71. The molecule has 3 aromatic rings. The minimum atomic E-state index is 0.727. The van der Waals surface area contributed by atoms with Crippen LogP contribution >= 0.6 is 0 Å².